The van der Waals surface area contributed by atoms with Gasteiger partial charge in [0, 0.05) is 10.0 Å². The molecule has 0 aliphatic carbocycles. The maximum absolute atomic E-state index is 12.3. The summed E-state index contributed by atoms with van der Waals surface area (Å²) in [5, 5.41) is 2.74. The second kappa shape index (κ2) is 8.85. The number of hydrogen-bond donors (Lipinski definition) is 1. The van der Waals surface area contributed by atoms with Crippen LogP contribution in [0, 0.1) is 0 Å². The summed E-state index contributed by atoms with van der Waals surface area (Å²) in [6, 6.07) is 14.5. The van der Waals surface area contributed by atoms with Crippen LogP contribution in [0.3, 0.4) is 0 Å². The number of nitrogens with one attached hydrogen (secondary N) is 1. The summed E-state index contributed by atoms with van der Waals surface area (Å²) in [7, 11) is 0. The van der Waals surface area contributed by atoms with Gasteiger partial charge in [0.15, 0.2) is 6.61 Å². The molecule has 5 nitrogen and oxygen atoms in total. The zero-order chi connectivity index (χ0) is 19.2. The first kappa shape index (κ1) is 20.0. The van der Waals surface area contributed by atoms with Gasteiger partial charge in [-0.25, -0.2) is 4.79 Å². The number of hydrogen-bond acceptors (Lipinski definition) is 4. The Balaban J connectivity index is 1.99. The minimum atomic E-state index is -0.598. The highest BCUT2D eigenvalue weighted by atomic mass is 79.9. The Morgan fingerprint density at radius 2 is 1.81 bits per heavy atom. The zero-order valence-corrected chi connectivity index (χ0v) is 16.6. The summed E-state index contributed by atoms with van der Waals surface area (Å²) in [5.74, 6) is -0.536. The molecule has 0 fully saturated rings. The molecule has 0 unspecified atom stereocenters. The van der Waals surface area contributed by atoms with Crippen LogP contribution in [0.2, 0.25) is 0 Å². The third-order valence-corrected chi connectivity index (χ3v) is 3.73. The molecule has 2 aromatic rings. The van der Waals surface area contributed by atoms with E-state index in [2.05, 4.69) is 21.2 Å². The van der Waals surface area contributed by atoms with Crippen molar-refractivity contribution in [2.45, 2.75) is 32.9 Å². The molecule has 138 valence electrons. The van der Waals surface area contributed by atoms with E-state index in [1.54, 1.807) is 24.3 Å². The maximum atomic E-state index is 12.3. The Labute approximate surface area is 161 Å². The summed E-state index contributed by atoms with van der Waals surface area (Å²) in [5.41, 5.74) is 0.868. The van der Waals surface area contributed by atoms with Gasteiger partial charge in [-0.1, -0.05) is 40.2 Å². The van der Waals surface area contributed by atoms with Gasteiger partial charge in [0.1, 0.15) is 17.9 Å². The van der Waals surface area contributed by atoms with Crippen molar-refractivity contribution in [2.75, 3.05) is 6.61 Å². The van der Waals surface area contributed by atoms with Crippen molar-refractivity contribution < 1.29 is 19.1 Å². The van der Waals surface area contributed by atoms with Crippen LogP contribution in [-0.4, -0.2) is 24.0 Å². The quantitative estimate of drug-likeness (QED) is 0.715. The van der Waals surface area contributed by atoms with E-state index in [0.29, 0.717) is 12.4 Å². The van der Waals surface area contributed by atoms with Gasteiger partial charge in [0.2, 0.25) is 0 Å². The first-order valence-corrected chi connectivity index (χ1v) is 8.98. The summed E-state index contributed by atoms with van der Waals surface area (Å²) >= 11 is 3.41. The molecule has 0 radical (unpaired) electrons. The number of esters is 1. The fourth-order valence-corrected chi connectivity index (χ4v) is 2.66. The molecule has 26 heavy (non-hydrogen) atoms. The van der Waals surface area contributed by atoms with Gasteiger partial charge in [0.25, 0.3) is 5.91 Å². The Bertz CT molecular complexity index is 783. The second-order valence-corrected chi connectivity index (χ2v) is 7.70. The van der Waals surface area contributed by atoms with E-state index in [1.165, 1.54) is 0 Å². The molecule has 1 N–H and O–H groups in total. The number of para-hydroxylation sites is 1. The lowest BCUT2D eigenvalue weighted by atomic mass is 10.1. The van der Waals surface area contributed by atoms with E-state index in [1.807, 2.05) is 45.0 Å². The lowest BCUT2D eigenvalue weighted by Crippen LogP contribution is -2.42. The predicted octanol–water partition coefficient (Wildman–Crippen LogP) is 4.10. The Kier molecular flexibility index (Phi) is 6.80. The fourth-order valence-electron chi connectivity index (χ4n) is 2.21. The van der Waals surface area contributed by atoms with Gasteiger partial charge < -0.3 is 14.8 Å². The number of benzene rings is 2. The van der Waals surface area contributed by atoms with E-state index in [9.17, 15) is 9.59 Å². The number of amides is 1. The molecule has 0 saturated carbocycles. The van der Waals surface area contributed by atoms with Crippen molar-refractivity contribution in [3.8, 4) is 5.75 Å². The first-order chi connectivity index (χ1) is 12.2. The highest BCUT2D eigenvalue weighted by molar-refractivity contribution is 9.10. The van der Waals surface area contributed by atoms with E-state index < -0.39 is 5.97 Å². The molecular weight excluding hydrogens is 398 g/mol. The van der Waals surface area contributed by atoms with Gasteiger partial charge in [-0.2, -0.15) is 0 Å². The van der Waals surface area contributed by atoms with Gasteiger partial charge in [0.05, 0.1) is 0 Å². The van der Waals surface area contributed by atoms with Crippen molar-refractivity contribution in [3.63, 3.8) is 0 Å². The zero-order valence-electron chi connectivity index (χ0n) is 15.0. The first-order valence-electron chi connectivity index (χ1n) is 8.19. The minimum absolute atomic E-state index is 0.283. The summed E-state index contributed by atoms with van der Waals surface area (Å²) in [6.07, 6.45) is 0. The largest absolute Gasteiger partial charge is 0.488 e. The van der Waals surface area contributed by atoms with E-state index in [0.717, 1.165) is 10.0 Å². The SMILES string of the molecule is CC(C)(C)NC(=O)COC(=O)c1ccccc1OCc1cccc(Br)c1. The second-order valence-electron chi connectivity index (χ2n) is 6.79. The molecule has 0 spiro atoms. The van der Waals surface area contributed by atoms with Crippen molar-refractivity contribution in [1.82, 2.24) is 5.32 Å². The fraction of sp³-hybridized carbons (Fsp3) is 0.300. The van der Waals surface area contributed by atoms with Crippen LogP contribution < -0.4 is 10.1 Å². The molecule has 0 heterocycles. The van der Waals surface area contributed by atoms with Crippen molar-refractivity contribution in [3.05, 3.63) is 64.1 Å². The third kappa shape index (κ3) is 6.52. The number of carbonyl (C=O) groups is 2. The van der Waals surface area contributed by atoms with Crippen LogP contribution in [-0.2, 0) is 16.1 Å². The Morgan fingerprint density at radius 1 is 1.08 bits per heavy atom. The maximum Gasteiger partial charge on any atom is 0.342 e. The molecule has 6 heteroatoms. The molecule has 0 bridgehead atoms. The van der Waals surface area contributed by atoms with Crippen LogP contribution in [0.25, 0.3) is 0 Å². The standard InChI is InChI=1S/C20H22BrNO4/c1-20(2,3)22-18(23)13-26-19(24)16-9-4-5-10-17(16)25-12-14-7-6-8-15(21)11-14/h4-11H,12-13H2,1-3H3,(H,22,23). The molecular formula is C20H22BrNO4. The van der Waals surface area contributed by atoms with Crippen molar-refractivity contribution in [1.29, 1.82) is 0 Å². The normalized spacial score (nSPS) is 10.9. The lowest BCUT2D eigenvalue weighted by Gasteiger charge is -2.20. The van der Waals surface area contributed by atoms with Crippen LogP contribution in [0.1, 0.15) is 36.7 Å². The molecule has 0 aliphatic heterocycles. The van der Waals surface area contributed by atoms with Crippen molar-refractivity contribution in [2.24, 2.45) is 0 Å². The van der Waals surface area contributed by atoms with Crippen LogP contribution in [0.15, 0.2) is 53.0 Å². The summed E-state index contributed by atoms with van der Waals surface area (Å²) < 4.78 is 11.8. The topological polar surface area (TPSA) is 64.6 Å². The van der Waals surface area contributed by atoms with Gasteiger partial charge in [-0.3, -0.25) is 4.79 Å². The van der Waals surface area contributed by atoms with Gasteiger partial charge >= 0.3 is 5.97 Å². The van der Waals surface area contributed by atoms with Crippen LogP contribution in [0.4, 0.5) is 0 Å². The lowest BCUT2D eigenvalue weighted by molar-refractivity contribution is -0.125. The third-order valence-electron chi connectivity index (χ3n) is 3.24. The smallest absolute Gasteiger partial charge is 0.342 e. The van der Waals surface area contributed by atoms with E-state index >= 15 is 0 Å². The van der Waals surface area contributed by atoms with Crippen LogP contribution >= 0.6 is 15.9 Å². The van der Waals surface area contributed by atoms with Crippen molar-refractivity contribution >= 4 is 27.8 Å². The summed E-state index contributed by atoms with van der Waals surface area (Å²) in [6.45, 7) is 5.55. The number of carbonyl (C=O) groups excluding carboxylic acids is 2. The monoisotopic (exact) mass is 419 g/mol. The van der Waals surface area contributed by atoms with E-state index in [-0.39, 0.29) is 23.6 Å². The van der Waals surface area contributed by atoms with Gasteiger partial charge in [-0.05, 0) is 50.6 Å². The number of ether oxygens (including phenoxy) is 2. The molecule has 0 aromatic heterocycles. The number of halogens is 1. The predicted molar refractivity (Wildman–Crippen MR) is 103 cm³/mol. The average Bonchev–Trinajstić information content (AvgIpc) is 2.57. The molecule has 2 rings (SSSR count). The molecule has 2 aromatic carbocycles. The highest BCUT2D eigenvalue weighted by Gasteiger charge is 2.18. The van der Waals surface area contributed by atoms with E-state index in [4.69, 9.17) is 9.47 Å². The molecule has 1 amide bonds. The highest BCUT2D eigenvalue weighted by Crippen LogP contribution is 2.21. The van der Waals surface area contributed by atoms with Gasteiger partial charge in [-0.15, -0.1) is 0 Å². The molecule has 0 aliphatic rings. The molecule has 0 saturated heterocycles. The molecule has 0 atom stereocenters. The average molecular weight is 420 g/mol. The van der Waals surface area contributed by atoms with Crippen LogP contribution in [0.5, 0.6) is 5.75 Å². The Morgan fingerprint density at radius 3 is 2.50 bits per heavy atom. The summed E-state index contributed by atoms with van der Waals surface area (Å²) in [4.78, 5) is 24.1. The number of rotatable bonds is 6. The minimum Gasteiger partial charge on any atom is -0.488 e. The Hall–Kier alpha value is -2.34.